The summed E-state index contributed by atoms with van der Waals surface area (Å²) >= 11 is 0. The van der Waals surface area contributed by atoms with Gasteiger partial charge in [0.25, 0.3) is 0 Å². The van der Waals surface area contributed by atoms with Gasteiger partial charge >= 0.3 is 6.09 Å². The number of halogens is 1. The van der Waals surface area contributed by atoms with Crippen LogP contribution in [0.3, 0.4) is 0 Å². The van der Waals surface area contributed by atoms with Gasteiger partial charge in [-0.15, -0.1) is 5.10 Å². The number of aromatic nitrogens is 4. The van der Waals surface area contributed by atoms with Crippen LogP contribution in [-0.2, 0) is 16.1 Å². The number of hydrogen-bond acceptors (Lipinski definition) is 7. The van der Waals surface area contributed by atoms with Crippen LogP contribution in [0.2, 0.25) is 0 Å². The summed E-state index contributed by atoms with van der Waals surface area (Å²) in [6.45, 7) is 2.73. The van der Waals surface area contributed by atoms with E-state index in [2.05, 4.69) is 20.5 Å². The minimum Gasteiger partial charge on any atom is -0.442 e. The van der Waals surface area contributed by atoms with Gasteiger partial charge in [-0.3, -0.25) is 9.88 Å². The first-order chi connectivity index (χ1) is 15.6. The zero-order chi connectivity index (χ0) is 22.1. The summed E-state index contributed by atoms with van der Waals surface area (Å²) in [5, 5.41) is 11.7. The SMILES string of the molecule is CC[C@H]1CC(c2ccc(-c3ccc(N4C[C@H](Cn5ccnn5)OC4=O)cc3F)cn2)=NO1. The Hall–Kier alpha value is -3.82. The van der Waals surface area contributed by atoms with Crippen molar-refractivity contribution >= 4 is 17.5 Å². The molecule has 2 aromatic heterocycles. The van der Waals surface area contributed by atoms with E-state index in [0.29, 0.717) is 29.9 Å². The van der Waals surface area contributed by atoms with Gasteiger partial charge in [0.05, 0.1) is 30.7 Å². The highest BCUT2D eigenvalue weighted by atomic mass is 19.1. The highest BCUT2D eigenvalue weighted by Gasteiger charge is 2.33. The van der Waals surface area contributed by atoms with Crippen LogP contribution in [0.4, 0.5) is 14.9 Å². The molecule has 0 unspecified atom stereocenters. The zero-order valence-corrected chi connectivity index (χ0v) is 17.4. The van der Waals surface area contributed by atoms with Crippen molar-refractivity contribution in [1.29, 1.82) is 0 Å². The van der Waals surface area contributed by atoms with Gasteiger partial charge in [-0.05, 0) is 30.7 Å². The van der Waals surface area contributed by atoms with Gasteiger partial charge in [-0.25, -0.2) is 13.9 Å². The third kappa shape index (κ3) is 3.91. The normalized spacial score (nSPS) is 20.2. The Morgan fingerprint density at radius 1 is 1.22 bits per heavy atom. The molecule has 2 aliphatic rings. The van der Waals surface area contributed by atoms with Crippen molar-refractivity contribution in [2.45, 2.75) is 38.5 Å². The number of cyclic esters (lactones) is 1. The molecule has 1 fully saturated rings. The van der Waals surface area contributed by atoms with Gasteiger partial charge in [0, 0.05) is 29.9 Å². The highest BCUT2D eigenvalue weighted by Crippen LogP contribution is 2.29. The van der Waals surface area contributed by atoms with Crippen LogP contribution in [0, 0.1) is 5.82 Å². The monoisotopic (exact) mass is 436 g/mol. The van der Waals surface area contributed by atoms with Crippen molar-refractivity contribution in [3.63, 3.8) is 0 Å². The van der Waals surface area contributed by atoms with Gasteiger partial charge in [0.2, 0.25) is 0 Å². The lowest BCUT2D eigenvalue weighted by Gasteiger charge is -2.14. The smallest absolute Gasteiger partial charge is 0.414 e. The van der Waals surface area contributed by atoms with Crippen molar-refractivity contribution in [2.75, 3.05) is 11.4 Å². The predicted octanol–water partition coefficient (Wildman–Crippen LogP) is 3.41. The molecule has 3 aromatic rings. The van der Waals surface area contributed by atoms with Crippen LogP contribution in [0.1, 0.15) is 25.5 Å². The van der Waals surface area contributed by atoms with Crippen molar-refractivity contribution in [1.82, 2.24) is 20.0 Å². The van der Waals surface area contributed by atoms with Crippen molar-refractivity contribution in [3.8, 4) is 11.1 Å². The molecule has 2 aliphatic heterocycles. The second kappa shape index (κ2) is 8.37. The molecule has 32 heavy (non-hydrogen) atoms. The molecule has 1 saturated heterocycles. The van der Waals surface area contributed by atoms with E-state index in [1.165, 1.54) is 11.0 Å². The number of oxime groups is 1. The van der Waals surface area contributed by atoms with E-state index >= 15 is 0 Å². The van der Waals surface area contributed by atoms with E-state index in [0.717, 1.165) is 24.2 Å². The molecule has 5 rings (SSSR count). The Bertz CT molecular complexity index is 1150. The van der Waals surface area contributed by atoms with E-state index in [-0.39, 0.29) is 6.10 Å². The Morgan fingerprint density at radius 3 is 2.81 bits per heavy atom. The number of nitrogens with zero attached hydrogens (tertiary/aromatic N) is 6. The van der Waals surface area contributed by atoms with E-state index in [1.54, 1.807) is 41.5 Å². The molecule has 0 saturated carbocycles. The van der Waals surface area contributed by atoms with Crippen LogP contribution in [0.15, 0.2) is 54.1 Å². The first-order valence-corrected chi connectivity index (χ1v) is 10.4. The summed E-state index contributed by atoms with van der Waals surface area (Å²) in [6, 6.07) is 8.30. The molecule has 4 heterocycles. The highest BCUT2D eigenvalue weighted by molar-refractivity contribution is 5.99. The number of ether oxygens (including phenoxy) is 1. The van der Waals surface area contributed by atoms with Gasteiger partial charge in [0.1, 0.15) is 23.7 Å². The number of carbonyl (C=O) groups excluding carboxylic acids is 1. The third-order valence-corrected chi connectivity index (χ3v) is 5.56. The molecule has 0 bridgehead atoms. The lowest BCUT2D eigenvalue weighted by molar-refractivity contribution is 0.0829. The molecule has 0 aliphatic carbocycles. The number of benzene rings is 1. The summed E-state index contributed by atoms with van der Waals surface area (Å²) in [6.07, 6.45) is 5.65. The first-order valence-electron chi connectivity index (χ1n) is 10.4. The number of amides is 1. The molecular formula is C22H21FN6O3. The average molecular weight is 436 g/mol. The number of rotatable bonds is 6. The maximum Gasteiger partial charge on any atom is 0.414 e. The Labute approximate surface area is 183 Å². The summed E-state index contributed by atoms with van der Waals surface area (Å²) in [4.78, 5) is 23.5. The lowest BCUT2D eigenvalue weighted by atomic mass is 10.0. The largest absolute Gasteiger partial charge is 0.442 e. The maximum atomic E-state index is 14.9. The molecule has 0 spiro atoms. The third-order valence-electron chi connectivity index (χ3n) is 5.56. The van der Waals surface area contributed by atoms with Crippen molar-refractivity contribution < 1.29 is 18.8 Å². The second-order valence-electron chi connectivity index (χ2n) is 7.72. The number of pyridine rings is 1. The molecule has 0 N–H and O–H groups in total. The maximum absolute atomic E-state index is 14.9. The minimum absolute atomic E-state index is 0.0875. The van der Waals surface area contributed by atoms with Crippen molar-refractivity contribution in [3.05, 3.63) is 60.4 Å². The molecule has 2 atom stereocenters. The zero-order valence-electron chi connectivity index (χ0n) is 17.4. The molecule has 9 nitrogen and oxygen atoms in total. The van der Waals surface area contributed by atoms with Crippen LogP contribution < -0.4 is 4.90 Å². The summed E-state index contributed by atoms with van der Waals surface area (Å²) in [5.74, 6) is -0.447. The fourth-order valence-electron chi connectivity index (χ4n) is 3.79. The Kier molecular flexibility index (Phi) is 5.26. The average Bonchev–Trinajstić information content (AvgIpc) is 3.56. The van der Waals surface area contributed by atoms with Gasteiger partial charge in [-0.1, -0.05) is 23.4 Å². The predicted molar refractivity (Wildman–Crippen MR) is 114 cm³/mol. The molecule has 0 radical (unpaired) electrons. The summed E-state index contributed by atoms with van der Waals surface area (Å²) in [5.41, 5.74) is 2.99. The number of hydrogen-bond donors (Lipinski definition) is 0. The topological polar surface area (TPSA) is 94.7 Å². The van der Waals surface area contributed by atoms with Crippen molar-refractivity contribution in [2.24, 2.45) is 5.16 Å². The number of carbonyl (C=O) groups is 1. The van der Waals surface area contributed by atoms with E-state index in [9.17, 15) is 9.18 Å². The van der Waals surface area contributed by atoms with Gasteiger partial charge < -0.3 is 9.57 Å². The standard InChI is InChI=1S/C22H21FN6O3/c1-2-16-10-21(26-32-16)20-6-3-14(11-24-20)18-5-4-15(9-19(18)23)29-13-17(31-22(29)30)12-28-8-7-25-27-28/h3-9,11,16-17H,2,10,12-13H2,1H3/t16-,17-/m0/s1. The van der Waals surface area contributed by atoms with Crippen LogP contribution in [0.5, 0.6) is 0 Å². The van der Waals surface area contributed by atoms with E-state index in [1.807, 2.05) is 13.0 Å². The Morgan fingerprint density at radius 2 is 2.12 bits per heavy atom. The first kappa shape index (κ1) is 20.1. The minimum atomic E-state index is -0.516. The van der Waals surface area contributed by atoms with Crippen LogP contribution in [-0.4, -0.2) is 50.5 Å². The van der Waals surface area contributed by atoms with E-state index in [4.69, 9.17) is 9.57 Å². The Balaban J connectivity index is 1.30. The lowest BCUT2D eigenvalue weighted by Crippen LogP contribution is -2.26. The molecule has 1 amide bonds. The van der Waals surface area contributed by atoms with Crippen LogP contribution >= 0.6 is 0 Å². The summed E-state index contributed by atoms with van der Waals surface area (Å²) < 4.78 is 21.9. The molecule has 10 heteroatoms. The van der Waals surface area contributed by atoms with E-state index < -0.39 is 18.0 Å². The fraction of sp³-hybridized carbons (Fsp3) is 0.318. The van der Waals surface area contributed by atoms with Gasteiger partial charge in [0.15, 0.2) is 0 Å². The molecular weight excluding hydrogens is 415 g/mol. The van der Waals surface area contributed by atoms with Gasteiger partial charge in [-0.2, -0.15) is 0 Å². The summed E-state index contributed by atoms with van der Waals surface area (Å²) in [7, 11) is 0. The quantitative estimate of drug-likeness (QED) is 0.588. The second-order valence-corrected chi connectivity index (χ2v) is 7.72. The molecule has 1 aromatic carbocycles. The van der Waals surface area contributed by atoms with Crippen LogP contribution in [0.25, 0.3) is 11.1 Å². The fourth-order valence-corrected chi connectivity index (χ4v) is 3.79. The number of anilines is 1. The molecule has 164 valence electrons.